The van der Waals surface area contributed by atoms with Gasteiger partial charge in [0.25, 0.3) is 0 Å². The Morgan fingerprint density at radius 2 is 0.756 bits per heavy atom. The smallest absolute Gasteiger partial charge is 0.0607 e. The summed E-state index contributed by atoms with van der Waals surface area (Å²) in [5, 5.41) is 0. The summed E-state index contributed by atoms with van der Waals surface area (Å²) in [6.07, 6.45) is 0. The van der Waals surface area contributed by atoms with E-state index in [4.69, 9.17) is 0 Å². The molecule has 0 radical (unpaired) electrons. The Kier molecular flexibility index (Phi) is 7.29. The standard InChI is InChI=1S/C42H49Br2N/c1-37(2)29-22-33(43)35(24-31(29)39(5,6)41(37,9)10)45(28-20-18-27(19-21-28)26-16-14-13-15-17-26)36-25-32-30(23-34(36)44)38(3,4)42(11,12)40(32,7)8/h13-25H,1-12H3. The Bertz CT molecular complexity index is 1710. The van der Waals surface area contributed by atoms with E-state index in [-0.39, 0.29) is 32.5 Å². The topological polar surface area (TPSA) is 3.24 Å². The van der Waals surface area contributed by atoms with Crippen molar-refractivity contribution in [1.82, 2.24) is 0 Å². The molecular weight excluding hydrogens is 678 g/mol. The van der Waals surface area contributed by atoms with E-state index >= 15 is 0 Å². The molecule has 4 aromatic carbocycles. The van der Waals surface area contributed by atoms with Gasteiger partial charge in [-0.3, -0.25) is 0 Å². The van der Waals surface area contributed by atoms with E-state index < -0.39 is 0 Å². The zero-order valence-corrected chi connectivity index (χ0v) is 32.4. The molecule has 45 heavy (non-hydrogen) atoms. The SMILES string of the molecule is CC1(C)c2cc(Br)c(N(c3ccc(-c4ccccc4)cc3)c3cc4c(cc3Br)C(C)(C)C(C)(C)C4(C)C)cc2C(C)(C)C1(C)C. The van der Waals surface area contributed by atoms with Crippen molar-refractivity contribution in [3.8, 4) is 11.1 Å². The molecule has 0 heterocycles. The number of fused-ring (bicyclic) bond motifs is 2. The molecule has 0 atom stereocenters. The van der Waals surface area contributed by atoms with E-state index in [1.165, 1.54) is 33.4 Å². The lowest BCUT2D eigenvalue weighted by atomic mass is 9.59. The molecule has 0 unspecified atom stereocenters. The van der Waals surface area contributed by atoms with Gasteiger partial charge in [-0.05, 0) is 134 Å². The van der Waals surface area contributed by atoms with Gasteiger partial charge in [-0.2, -0.15) is 0 Å². The molecule has 0 aromatic heterocycles. The summed E-state index contributed by atoms with van der Waals surface area (Å²) in [5.41, 5.74) is 11.9. The molecule has 0 N–H and O–H groups in total. The van der Waals surface area contributed by atoms with Crippen LogP contribution in [0.25, 0.3) is 11.1 Å². The van der Waals surface area contributed by atoms with Gasteiger partial charge in [0.1, 0.15) is 0 Å². The molecule has 4 aromatic rings. The van der Waals surface area contributed by atoms with Gasteiger partial charge in [0.15, 0.2) is 0 Å². The van der Waals surface area contributed by atoms with Gasteiger partial charge >= 0.3 is 0 Å². The van der Waals surface area contributed by atoms with Crippen molar-refractivity contribution in [2.75, 3.05) is 4.90 Å². The minimum absolute atomic E-state index is 0.00464. The van der Waals surface area contributed by atoms with Gasteiger partial charge in [-0.15, -0.1) is 0 Å². The predicted octanol–water partition coefficient (Wildman–Crippen LogP) is 13.5. The van der Waals surface area contributed by atoms with E-state index in [1.807, 2.05) is 0 Å². The van der Waals surface area contributed by atoms with Crippen LogP contribution in [0.5, 0.6) is 0 Å². The number of nitrogens with zero attached hydrogens (tertiary/aromatic N) is 1. The Balaban J connectivity index is 1.62. The van der Waals surface area contributed by atoms with Gasteiger partial charge < -0.3 is 4.90 Å². The molecule has 2 aliphatic rings. The molecular formula is C42H49Br2N. The van der Waals surface area contributed by atoms with Gasteiger partial charge in [0, 0.05) is 14.6 Å². The summed E-state index contributed by atoms with van der Waals surface area (Å²) in [4.78, 5) is 2.46. The fourth-order valence-corrected chi connectivity index (χ4v) is 9.33. The number of rotatable bonds is 4. The molecule has 3 heteroatoms. The molecule has 0 saturated carbocycles. The molecule has 1 nitrogen and oxygen atoms in total. The van der Waals surface area contributed by atoms with Crippen molar-refractivity contribution in [2.45, 2.75) is 105 Å². The van der Waals surface area contributed by atoms with Crippen LogP contribution in [0.4, 0.5) is 17.1 Å². The van der Waals surface area contributed by atoms with Gasteiger partial charge in [0.05, 0.1) is 11.4 Å². The van der Waals surface area contributed by atoms with E-state index in [9.17, 15) is 0 Å². The van der Waals surface area contributed by atoms with Crippen LogP contribution in [0.15, 0.2) is 87.8 Å². The predicted molar refractivity (Wildman–Crippen MR) is 202 cm³/mol. The minimum Gasteiger partial charge on any atom is -0.308 e. The Morgan fingerprint density at radius 3 is 1.13 bits per heavy atom. The van der Waals surface area contributed by atoms with Gasteiger partial charge in [-0.1, -0.05) is 126 Å². The van der Waals surface area contributed by atoms with Crippen LogP contribution >= 0.6 is 31.9 Å². The molecule has 0 spiro atoms. The largest absolute Gasteiger partial charge is 0.308 e. The number of hydrogen-bond donors (Lipinski definition) is 0. The third-order valence-corrected chi connectivity index (χ3v) is 15.1. The fourth-order valence-electron chi connectivity index (χ4n) is 8.29. The lowest BCUT2D eigenvalue weighted by Crippen LogP contribution is -2.42. The zero-order valence-electron chi connectivity index (χ0n) is 29.2. The third kappa shape index (κ3) is 4.28. The number of anilines is 3. The second-order valence-electron chi connectivity index (χ2n) is 16.7. The van der Waals surface area contributed by atoms with Gasteiger partial charge in [0.2, 0.25) is 0 Å². The van der Waals surface area contributed by atoms with E-state index in [2.05, 4.69) is 199 Å². The highest BCUT2D eigenvalue weighted by Gasteiger charge is 2.58. The van der Waals surface area contributed by atoms with E-state index in [0.29, 0.717) is 0 Å². The summed E-state index contributed by atoms with van der Waals surface area (Å²) in [5.74, 6) is 0. The average Bonchev–Trinajstić information content (AvgIpc) is 3.14. The van der Waals surface area contributed by atoms with Crippen LogP contribution in [0, 0.1) is 10.8 Å². The molecule has 6 rings (SSSR count). The lowest BCUT2D eigenvalue weighted by molar-refractivity contribution is 0.125. The highest BCUT2D eigenvalue weighted by atomic mass is 79.9. The maximum absolute atomic E-state index is 4.11. The second-order valence-corrected chi connectivity index (χ2v) is 18.4. The maximum Gasteiger partial charge on any atom is 0.0607 e. The van der Waals surface area contributed by atoms with Crippen molar-refractivity contribution in [3.63, 3.8) is 0 Å². The van der Waals surface area contributed by atoms with Crippen LogP contribution < -0.4 is 4.90 Å². The van der Waals surface area contributed by atoms with Crippen molar-refractivity contribution in [2.24, 2.45) is 10.8 Å². The first-order valence-electron chi connectivity index (χ1n) is 16.3. The first kappa shape index (κ1) is 32.6. The van der Waals surface area contributed by atoms with Crippen molar-refractivity contribution in [3.05, 3.63) is 110 Å². The van der Waals surface area contributed by atoms with Crippen LogP contribution in [-0.4, -0.2) is 0 Å². The Hall–Kier alpha value is -2.36. The van der Waals surface area contributed by atoms with Crippen molar-refractivity contribution >= 4 is 48.9 Å². The summed E-state index contributed by atoms with van der Waals surface area (Å²) in [6, 6.07) is 29.5. The molecule has 0 saturated heterocycles. The third-order valence-electron chi connectivity index (χ3n) is 13.8. The fraction of sp³-hybridized carbons (Fsp3) is 0.429. The van der Waals surface area contributed by atoms with E-state index in [0.717, 1.165) is 26.0 Å². The quantitative estimate of drug-likeness (QED) is 0.202. The number of benzene rings is 4. The number of halogens is 2. The van der Waals surface area contributed by atoms with Crippen LogP contribution in [0.1, 0.15) is 105 Å². The Labute approximate surface area is 289 Å². The summed E-state index contributed by atoms with van der Waals surface area (Å²) in [6.45, 7) is 29.1. The first-order valence-corrected chi connectivity index (χ1v) is 17.9. The minimum atomic E-state index is -0.00464. The average molecular weight is 728 g/mol. The second kappa shape index (κ2) is 10.1. The highest BCUT2D eigenvalue weighted by Crippen LogP contribution is 2.65. The highest BCUT2D eigenvalue weighted by molar-refractivity contribution is 9.11. The van der Waals surface area contributed by atoms with Crippen LogP contribution in [0.3, 0.4) is 0 Å². The Morgan fingerprint density at radius 1 is 0.422 bits per heavy atom. The summed E-state index contributed by atoms with van der Waals surface area (Å²) >= 11 is 8.22. The lowest BCUT2D eigenvalue weighted by Gasteiger charge is -2.44. The first-order chi connectivity index (χ1) is 20.7. The zero-order chi connectivity index (χ0) is 33.1. The maximum atomic E-state index is 4.11. The monoisotopic (exact) mass is 725 g/mol. The molecule has 0 amide bonds. The van der Waals surface area contributed by atoms with Crippen molar-refractivity contribution < 1.29 is 0 Å². The van der Waals surface area contributed by atoms with Crippen molar-refractivity contribution in [1.29, 1.82) is 0 Å². The number of hydrogen-bond acceptors (Lipinski definition) is 1. The molecule has 2 aliphatic carbocycles. The summed E-state index contributed by atoms with van der Waals surface area (Å²) in [7, 11) is 0. The van der Waals surface area contributed by atoms with E-state index in [1.54, 1.807) is 0 Å². The van der Waals surface area contributed by atoms with Crippen LogP contribution in [0.2, 0.25) is 0 Å². The molecule has 236 valence electrons. The normalized spacial score (nSPS) is 20.8. The van der Waals surface area contributed by atoms with Gasteiger partial charge in [-0.25, -0.2) is 0 Å². The molecule has 0 aliphatic heterocycles. The summed E-state index contributed by atoms with van der Waals surface area (Å²) < 4.78 is 2.23. The molecule has 0 fully saturated rings. The molecule has 0 bridgehead atoms. The van der Waals surface area contributed by atoms with Crippen LogP contribution in [-0.2, 0) is 21.7 Å².